The first-order chi connectivity index (χ1) is 6.66. The summed E-state index contributed by atoms with van der Waals surface area (Å²) in [6.07, 6.45) is 0.564. The predicted molar refractivity (Wildman–Crippen MR) is 48.3 cm³/mol. The van der Waals surface area contributed by atoms with Crippen LogP contribution in [-0.2, 0) is 9.59 Å². The standard InChI is InChI=1S/C9H14N2O3/c12-7-1-2-11(5-7)9(14)6-3-8(13)10-4-6/h6-7,12H,1-5H2,(H,10,13)/t6?,7-/m1/s1. The van der Waals surface area contributed by atoms with Gasteiger partial charge in [-0.2, -0.15) is 0 Å². The van der Waals surface area contributed by atoms with Crippen molar-refractivity contribution in [3.05, 3.63) is 0 Å². The molecule has 2 aliphatic heterocycles. The highest BCUT2D eigenvalue weighted by atomic mass is 16.3. The van der Waals surface area contributed by atoms with Gasteiger partial charge in [-0.25, -0.2) is 0 Å². The zero-order chi connectivity index (χ0) is 10.1. The van der Waals surface area contributed by atoms with Gasteiger partial charge in [0.25, 0.3) is 0 Å². The van der Waals surface area contributed by atoms with Crippen LogP contribution in [0.25, 0.3) is 0 Å². The third kappa shape index (κ3) is 1.72. The largest absolute Gasteiger partial charge is 0.391 e. The summed E-state index contributed by atoms with van der Waals surface area (Å²) in [5, 5.41) is 11.9. The summed E-state index contributed by atoms with van der Waals surface area (Å²) in [6.45, 7) is 1.48. The van der Waals surface area contributed by atoms with Gasteiger partial charge < -0.3 is 15.3 Å². The Morgan fingerprint density at radius 1 is 1.57 bits per heavy atom. The van der Waals surface area contributed by atoms with E-state index >= 15 is 0 Å². The van der Waals surface area contributed by atoms with Gasteiger partial charge in [0.05, 0.1) is 12.0 Å². The first-order valence-electron chi connectivity index (χ1n) is 4.90. The lowest BCUT2D eigenvalue weighted by Crippen LogP contribution is -2.35. The number of amides is 2. The normalized spacial score (nSPS) is 32.1. The Morgan fingerprint density at radius 3 is 2.86 bits per heavy atom. The van der Waals surface area contributed by atoms with Crippen LogP contribution in [0.3, 0.4) is 0 Å². The fourth-order valence-electron chi connectivity index (χ4n) is 1.98. The van der Waals surface area contributed by atoms with Gasteiger partial charge in [-0.15, -0.1) is 0 Å². The second kappa shape index (κ2) is 3.57. The van der Waals surface area contributed by atoms with Crippen molar-refractivity contribution in [3.63, 3.8) is 0 Å². The quantitative estimate of drug-likeness (QED) is 0.551. The summed E-state index contributed by atoms with van der Waals surface area (Å²) in [7, 11) is 0. The summed E-state index contributed by atoms with van der Waals surface area (Å²) < 4.78 is 0. The molecule has 0 spiro atoms. The number of hydrogen-bond acceptors (Lipinski definition) is 3. The van der Waals surface area contributed by atoms with E-state index in [1.807, 2.05) is 0 Å². The summed E-state index contributed by atoms with van der Waals surface area (Å²) >= 11 is 0. The maximum absolute atomic E-state index is 11.8. The van der Waals surface area contributed by atoms with Gasteiger partial charge in [-0.3, -0.25) is 9.59 Å². The van der Waals surface area contributed by atoms with E-state index in [1.165, 1.54) is 0 Å². The monoisotopic (exact) mass is 198 g/mol. The minimum Gasteiger partial charge on any atom is -0.391 e. The Morgan fingerprint density at radius 2 is 2.36 bits per heavy atom. The lowest BCUT2D eigenvalue weighted by atomic mass is 10.1. The lowest BCUT2D eigenvalue weighted by molar-refractivity contribution is -0.135. The van der Waals surface area contributed by atoms with E-state index in [2.05, 4.69) is 5.32 Å². The number of hydrogen-bond donors (Lipinski definition) is 2. The van der Waals surface area contributed by atoms with Crippen molar-refractivity contribution in [2.24, 2.45) is 5.92 Å². The van der Waals surface area contributed by atoms with E-state index in [1.54, 1.807) is 4.90 Å². The van der Waals surface area contributed by atoms with Crippen molar-refractivity contribution in [2.45, 2.75) is 18.9 Å². The highest BCUT2D eigenvalue weighted by molar-refractivity contribution is 5.89. The van der Waals surface area contributed by atoms with Crippen LogP contribution in [0.15, 0.2) is 0 Å². The smallest absolute Gasteiger partial charge is 0.228 e. The average molecular weight is 198 g/mol. The number of nitrogens with zero attached hydrogens (tertiary/aromatic N) is 1. The maximum Gasteiger partial charge on any atom is 0.228 e. The number of carbonyl (C=O) groups is 2. The van der Waals surface area contributed by atoms with E-state index in [4.69, 9.17) is 0 Å². The summed E-state index contributed by atoms with van der Waals surface area (Å²) in [4.78, 5) is 24.3. The van der Waals surface area contributed by atoms with Gasteiger partial charge in [0.2, 0.25) is 11.8 Å². The van der Waals surface area contributed by atoms with Crippen molar-refractivity contribution in [1.29, 1.82) is 0 Å². The molecule has 5 heteroatoms. The Balaban J connectivity index is 1.92. The minimum atomic E-state index is -0.385. The van der Waals surface area contributed by atoms with E-state index in [0.717, 1.165) is 0 Å². The molecule has 1 unspecified atom stereocenters. The zero-order valence-electron chi connectivity index (χ0n) is 7.90. The number of likely N-dealkylation sites (tertiary alicyclic amines) is 1. The van der Waals surface area contributed by atoms with Crippen molar-refractivity contribution in [3.8, 4) is 0 Å². The number of rotatable bonds is 1. The molecule has 14 heavy (non-hydrogen) atoms. The molecule has 0 aliphatic carbocycles. The van der Waals surface area contributed by atoms with Crippen molar-refractivity contribution < 1.29 is 14.7 Å². The summed E-state index contributed by atoms with van der Waals surface area (Å²) in [5.74, 6) is -0.268. The Kier molecular flexibility index (Phi) is 2.41. The second-order valence-electron chi connectivity index (χ2n) is 3.93. The Labute approximate surface area is 82.1 Å². The van der Waals surface area contributed by atoms with Crippen LogP contribution in [0.4, 0.5) is 0 Å². The third-order valence-corrected chi connectivity index (χ3v) is 2.80. The van der Waals surface area contributed by atoms with Crippen LogP contribution in [0.1, 0.15) is 12.8 Å². The van der Waals surface area contributed by atoms with Gasteiger partial charge >= 0.3 is 0 Å². The maximum atomic E-state index is 11.8. The highest BCUT2D eigenvalue weighted by Gasteiger charge is 2.34. The molecule has 0 aromatic carbocycles. The molecule has 2 fully saturated rings. The fraction of sp³-hybridized carbons (Fsp3) is 0.778. The molecule has 0 bridgehead atoms. The fourth-order valence-corrected chi connectivity index (χ4v) is 1.98. The lowest BCUT2D eigenvalue weighted by Gasteiger charge is -2.18. The van der Waals surface area contributed by atoms with Gasteiger partial charge in [0.15, 0.2) is 0 Å². The Hall–Kier alpha value is -1.10. The number of aliphatic hydroxyl groups excluding tert-OH is 1. The summed E-state index contributed by atoms with van der Waals surface area (Å²) in [5.41, 5.74) is 0. The number of aliphatic hydroxyl groups is 1. The van der Waals surface area contributed by atoms with E-state index in [0.29, 0.717) is 32.5 Å². The third-order valence-electron chi connectivity index (χ3n) is 2.80. The molecule has 0 radical (unpaired) electrons. The van der Waals surface area contributed by atoms with Crippen LogP contribution in [-0.4, -0.2) is 47.6 Å². The van der Waals surface area contributed by atoms with Crippen LogP contribution < -0.4 is 5.32 Å². The molecular formula is C9H14N2O3. The van der Waals surface area contributed by atoms with Crippen LogP contribution >= 0.6 is 0 Å². The molecule has 2 amide bonds. The molecule has 2 atom stereocenters. The molecule has 0 aromatic rings. The molecule has 5 nitrogen and oxygen atoms in total. The molecule has 0 saturated carbocycles. The minimum absolute atomic E-state index is 0.0000926. The number of carbonyl (C=O) groups excluding carboxylic acids is 2. The molecule has 2 N–H and O–H groups in total. The van der Waals surface area contributed by atoms with E-state index in [9.17, 15) is 14.7 Å². The van der Waals surface area contributed by atoms with Crippen LogP contribution in [0.2, 0.25) is 0 Å². The molecule has 2 heterocycles. The van der Waals surface area contributed by atoms with Gasteiger partial charge in [-0.05, 0) is 6.42 Å². The predicted octanol–water partition coefficient (Wildman–Crippen LogP) is -1.28. The van der Waals surface area contributed by atoms with Gasteiger partial charge in [0, 0.05) is 26.1 Å². The van der Waals surface area contributed by atoms with Gasteiger partial charge in [-0.1, -0.05) is 0 Å². The highest BCUT2D eigenvalue weighted by Crippen LogP contribution is 2.17. The number of β-amino-alcohol motifs (C(OH)–C–C–N with tert-alkyl or cyclic N) is 1. The zero-order valence-corrected chi connectivity index (χ0v) is 7.90. The van der Waals surface area contributed by atoms with E-state index in [-0.39, 0.29) is 23.8 Å². The number of nitrogens with one attached hydrogen (secondary N) is 1. The molecule has 78 valence electrons. The molecule has 2 rings (SSSR count). The molecule has 2 saturated heterocycles. The average Bonchev–Trinajstić information content (AvgIpc) is 2.73. The second-order valence-corrected chi connectivity index (χ2v) is 3.93. The Bertz CT molecular complexity index is 267. The topological polar surface area (TPSA) is 69.6 Å². The summed E-state index contributed by atoms with van der Waals surface area (Å²) in [6, 6.07) is 0. The molecule has 2 aliphatic rings. The van der Waals surface area contributed by atoms with Crippen molar-refractivity contribution in [2.75, 3.05) is 19.6 Å². The molecule has 0 aromatic heterocycles. The van der Waals surface area contributed by atoms with Crippen molar-refractivity contribution in [1.82, 2.24) is 10.2 Å². The van der Waals surface area contributed by atoms with E-state index < -0.39 is 0 Å². The first-order valence-corrected chi connectivity index (χ1v) is 4.90. The first kappa shape index (κ1) is 9.45. The van der Waals surface area contributed by atoms with Gasteiger partial charge in [0.1, 0.15) is 0 Å². The van der Waals surface area contributed by atoms with Crippen LogP contribution in [0, 0.1) is 5.92 Å². The SMILES string of the molecule is O=C1CC(C(=O)N2CC[C@@H](O)C2)CN1. The van der Waals surface area contributed by atoms with Crippen molar-refractivity contribution >= 4 is 11.8 Å². The van der Waals surface area contributed by atoms with Crippen LogP contribution in [0.5, 0.6) is 0 Å². The molecular weight excluding hydrogens is 184 g/mol.